The highest BCUT2D eigenvalue weighted by Crippen LogP contribution is 2.26. The van der Waals surface area contributed by atoms with Crippen LogP contribution in [0.15, 0.2) is 22.9 Å². The van der Waals surface area contributed by atoms with Gasteiger partial charge in [-0.15, -0.1) is 0 Å². The fourth-order valence-corrected chi connectivity index (χ4v) is 1.95. The fourth-order valence-electron chi connectivity index (χ4n) is 1.52. The molecule has 5 nitrogen and oxygen atoms in total. The molecule has 2 aromatic heterocycles. The van der Waals surface area contributed by atoms with E-state index in [4.69, 9.17) is 4.74 Å². The third-order valence-electron chi connectivity index (χ3n) is 2.18. The highest BCUT2D eigenvalue weighted by molar-refractivity contribution is 9.10. The Balaban J connectivity index is 2.48. The number of alkyl halides is 2. The van der Waals surface area contributed by atoms with Crippen molar-refractivity contribution >= 4 is 27.5 Å². The molecule has 102 valence electrons. The van der Waals surface area contributed by atoms with Crippen molar-refractivity contribution in [2.45, 2.75) is 13.5 Å². The van der Waals surface area contributed by atoms with Gasteiger partial charge < -0.3 is 13.9 Å². The Kier molecular flexibility index (Phi) is 3.98. The van der Waals surface area contributed by atoms with E-state index in [1.54, 1.807) is 13.1 Å². The average Bonchev–Trinajstić information content (AvgIpc) is 2.72. The van der Waals surface area contributed by atoms with Crippen LogP contribution in [0.4, 0.5) is 8.78 Å². The molecule has 0 aliphatic carbocycles. The van der Waals surface area contributed by atoms with E-state index in [-0.39, 0.29) is 23.7 Å². The quantitative estimate of drug-likeness (QED) is 0.807. The Morgan fingerprint density at radius 2 is 2.26 bits per heavy atom. The third kappa shape index (κ3) is 3.01. The van der Waals surface area contributed by atoms with Crippen molar-refractivity contribution in [3.05, 3.63) is 28.6 Å². The SMILES string of the molecule is CCOC(=O)c1cn2cc(Br)cc(OC(F)F)c2n1. The number of halogens is 3. The van der Waals surface area contributed by atoms with Crippen LogP contribution in [0.3, 0.4) is 0 Å². The summed E-state index contributed by atoms with van der Waals surface area (Å²) in [6, 6.07) is 1.35. The number of aromatic nitrogens is 2. The van der Waals surface area contributed by atoms with E-state index in [1.165, 1.54) is 16.7 Å². The number of ether oxygens (including phenoxy) is 2. The van der Waals surface area contributed by atoms with Gasteiger partial charge in [-0.05, 0) is 28.9 Å². The second-order valence-corrected chi connectivity index (χ2v) is 4.39. The normalized spacial score (nSPS) is 11.0. The lowest BCUT2D eigenvalue weighted by Gasteiger charge is -2.06. The summed E-state index contributed by atoms with van der Waals surface area (Å²) in [5, 5.41) is 0. The lowest BCUT2D eigenvalue weighted by molar-refractivity contribution is -0.0491. The second kappa shape index (κ2) is 5.52. The van der Waals surface area contributed by atoms with Crippen molar-refractivity contribution < 1.29 is 23.0 Å². The summed E-state index contributed by atoms with van der Waals surface area (Å²) in [4.78, 5) is 15.5. The minimum Gasteiger partial charge on any atom is -0.461 e. The highest BCUT2D eigenvalue weighted by atomic mass is 79.9. The summed E-state index contributed by atoms with van der Waals surface area (Å²) < 4.78 is 35.7. The number of rotatable bonds is 4. The zero-order valence-corrected chi connectivity index (χ0v) is 11.4. The van der Waals surface area contributed by atoms with E-state index >= 15 is 0 Å². The number of fused-ring (bicyclic) bond motifs is 1. The van der Waals surface area contributed by atoms with Crippen molar-refractivity contribution in [1.29, 1.82) is 0 Å². The first-order chi connectivity index (χ1) is 9.01. The van der Waals surface area contributed by atoms with Crippen LogP contribution < -0.4 is 4.74 Å². The molecule has 19 heavy (non-hydrogen) atoms. The lowest BCUT2D eigenvalue weighted by atomic mass is 10.4. The number of hydrogen-bond donors (Lipinski definition) is 0. The Morgan fingerprint density at radius 3 is 2.89 bits per heavy atom. The van der Waals surface area contributed by atoms with Gasteiger partial charge in [0.15, 0.2) is 17.1 Å². The molecule has 2 aromatic rings. The molecule has 0 aliphatic rings. The molecule has 0 amide bonds. The Bertz CT molecular complexity index is 615. The van der Waals surface area contributed by atoms with Gasteiger partial charge in [-0.2, -0.15) is 8.78 Å². The van der Waals surface area contributed by atoms with E-state index < -0.39 is 12.6 Å². The van der Waals surface area contributed by atoms with Gasteiger partial charge in [0.25, 0.3) is 0 Å². The summed E-state index contributed by atoms with van der Waals surface area (Å²) in [7, 11) is 0. The maximum Gasteiger partial charge on any atom is 0.387 e. The molecule has 0 radical (unpaired) electrons. The summed E-state index contributed by atoms with van der Waals surface area (Å²) in [6.45, 7) is -1.10. The third-order valence-corrected chi connectivity index (χ3v) is 2.62. The van der Waals surface area contributed by atoms with Gasteiger partial charge in [-0.1, -0.05) is 0 Å². The maximum absolute atomic E-state index is 12.3. The minimum absolute atomic E-state index is 0.0269. The molecule has 0 fully saturated rings. The van der Waals surface area contributed by atoms with Crippen LogP contribution in [0, 0.1) is 0 Å². The number of hydrogen-bond acceptors (Lipinski definition) is 4. The van der Waals surface area contributed by atoms with Gasteiger partial charge in [0.2, 0.25) is 0 Å². The fraction of sp³-hybridized carbons (Fsp3) is 0.273. The first-order valence-electron chi connectivity index (χ1n) is 5.31. The van der Waals surface area contributed by atoms with Crippen LogP contribution in [0.25, 0.3) is 5.65 Å². The molecule has 0 saturated carbocycles. The molecule has 0 aromatic carbocycles. The van der Waals surface area contributed by atoms with Gasteiger partial charge >= 0.3 is 12.6 Å². The monoisotopic (exact) mass is 334 g/mol. The number of carbonyl (C=O) groups excluding carboxylic acids is 1. The largest absolute Gasteiger partial charge is 0.461 e. The lowest BCUT2D eigenvalue weighted by Crippen LogP contribution is -2.05. The van der Waals surface area contributed by atoms with E-state index in [0.29, 0.717) is 4.47 Å². The van der Waals surface area contributed by atoms with Crippen molar-refractivity contribution in [1.82, 2.24) is 9.38 Å². The molecule has 0 spiro atoms. The zero-order chi connectivity index (χ0) is 14.0. The maximum atomic E-state index is 12.3. The van der Waals surface area contributed by atoms with Crippen LogP contribution in [-0.2, 0) is 4.74 Å². The molecule has 0 N–H and O–H groups in total. The summed E-state index contributed by atoms with van der Waals surface area (Å²) in [6.07, 6.45) is 2.96. The average molecular weight is 335 g/mol. The Hall–Kier alpha value is -1.70. The second-order valence-electron chi connectivity index (χ2n) is 3.48. The topological polar surface area (TPSA) is 52.8 Å². The van der Waals surface area contributed by atoms with Crippen molar-refractivity contribution in [2.75, 3.05) is 6.61 Å². The van der Waals surface area contributed by atoms with Crippen LogP contribution in [0.5, 0.6) is 5.75 Å². The molecule has 0 aliphatic heterocycles. The van der Waals surface area contributed by atoms with E-state index in [9.17, 15) is 13.6 Å². The first kappa shape index (κ1) is 13.7. The summed E-state index contributed by atoms with van der Waals surface area (Å²) in [5.74, 6) is -0.745. The first-order valence-corrected chi connectivity index (χ1v) is 6.10. The molecule has 8 heteroatoms. The zero-order valence-electron chi connectivity index (χ0n) is 9.77. The number of carbonyl (C=O) groups is 1. The van der Waals surface area contributed by atoms with E-state index in [0.717, 1.165) is 0 Å². The number of esters is 1. The van der Waals surface area contributed by atoms with Gasteiger partial charge in [0.05, 0.1) is 6.61 Å². The van der Waals surface area contributed by atoms with E-state index in [2.05, 4.69) is 25.7 Å². The Labute approximate surface area is 115 Å². The molecule has 0 bridgehead atoms. The van der Waals surface area contributed by atoms with Crippen molar-refractivity contribution in [2.24, 2.45) is 0 Å². The molecular weight excluding hydrogens is 326 g/mol. The van der Waals surface area contributed by atoms with Gasteiger partial charge in [-0.3, -0.25) is 0 Å². The number of imidazole rings is 1. The number of nitrogens with zero attached hydrogens (tertiary/aromatic N) is 2. The molecular formula is C11H9BrF2N2O3. The minimum atomic E-state index is -2.97. The molecule has 0 saturated heterocycles. The predicted octanol–water partition coefficient (Wildman–Crippen LogP) is 2.87. The molecule has 0 unspecified atom stereocenters. The standard InChI is InChI=1S/C11H9BrF2N2O3/c1-2-18-10(17)7-5-16-4-6(12)3-8(9(16)15-7)19-11(13)14/h3-5,11H,2H2,1H3. The van der Waals surface area contributed by atoms with Crippen LogP contribution in [0.1, 0.15) is 17.4 Å². The van der Waals surface area contributed by atoms with Crippen molar-refractivity contribution in [3.8, 4) is 5.75 Å². The van der Waals surface area contributed by atoms with Gasteiger partial charge in [0.1, 0.15) is 0 Å². The summed E-state index contributed by atoms with van der Waals surface area (Å²) >= 11 is 3.16. The molecule has 2 rings (SSSR count). The Morgan fingerprint density at radius 1 is 1.53 bits per heavy atom. The highest BCUT2D eigenvalue weighted by Gasteiger charge is 2.17. The van der Waals surface area contributed by atoms with Gasteiger partial charge in [0, 0.05) is 16.9 Å². The van der Waals surface area contributed by atoms with Gasteiger partial charge in [-0.25, -0.2) is 9.78 Å². The van der Waals surface area contributed by atoms with Crippen molar-refractivity contribution in [3.63, 3.8) is 0 Å². The van der Waals surface area contributed by atoms with Crippen LogP contribution in [-0.4, -0.2) is 28.6 Å². The van der Waals surface area contributed by atoms with E-state index in [1.807, 2.05) is 0 Å². The van der Waals surface area contributed by atoms with Crippen LogP contribution in [0.2, 0.25) is 0 Å². The number of pyridine rings is 1. The summed E-state index contributed by atoms with van der Waals surface area (Å²) in [5.41, 5.74) is 0.144. The predicted molar refractivity (Wildman–Crippen MR) is 65.5 cm³/mol. The van der Waals surface area contributed by atoms with Crippen LogP contribution >= 0.6 is 15.9 Å². The smallest absolute Gasteiger partial charge is 0.387 e. The molecule has 2 heterocycles. The molecule has 0 atom stereocenters.